The van der Waals surface area contributed by atoms with Gasteiger partial charge in [-0.1, -0.05) is 6.08 Å². The van der Waals surface area contributed by atoms with Crippen molar-refractivity contribution in [1.82, 2.24) is 5.32 Å². The first-order valence-electron chi connectivity index (χ1n) is 3.63. The van der Waals surface area contributed by atoms with Crippen LogP contribution in [0.5, 0.6) is 0 Å². The highest BCUT2D eigenvalue weighted by molar-refractivity contribution is 5.17. The van der Waals surface area contributed by atoms with Crippen molar-refractivity contribution >= 4 is 0 Å². The van der Waals surface area contributed by atoms with E-state index in [4.69, 9.17) is 0 Å². The molecule has 2 atom stereocenters. The standard InChI is InChI=1S/C9H10N.HI/c1-2-4-9-7-10-6-5-8(9)3-1;/h1-3,5-6,8-10H,7H2;1H/q+1;/p-1. The van der Waals surface area contributed by atoms with Crippen molar-refractivity contribution in [2.45, 2.75) is 0 Å². The maximum absolute atomic E-state index is 3.30. The number of hydrogen-bond donors (Lipinski definition) is 1. The molecule has 0 amide bonds. The van der Waals surface area contributed by atoms with Gasteiger partial charge in [0, 0.05) is 18.5 Å². The van der Waals surface area contributed by atoms with Gasteiger partial charge in [0.2, 0.25) is 0 Å². The first-order chi connectivity index (χ1) is 4.97. The molecule has 0 saturated carbocycles. The predicted molar refractivity (Wildman–Crippen MR) is 41.1 cm³/mol. The molecule has 58 valence electrons. The summed E-state index contributed by atoms with van der Waals surface area (Å²) in [6.45, 7) is 1.03. The average Bonchev–Trinajstić information content (AvgIpc) is 2.05. The maximum atomic E-state index is 3.30. The van der Waals surface area contributed by atoms with Crippen LogP contribution in [-0.2, 0) is 0 Å². The molecule has 0 aromatic heterocycles. The van der Waals surface area contributed by atoms with Gasteiger partial charge in [-0.05, 0) is 6.20 Å². The Morgan fingerprint density at radius 1 is 1.36 bits per heavy atom. The first-order valence-corrected chi connectivity index (χ1v) is 3.63. The molecule has 1 nitrogen and oxygen atoms in total. The molecule has 1 N–H and O–H groups in total. The molecule has 0 bridgehead atoms. The number of hydrogen-bond acceptors (Lipinski definition) is 1. The van der Waals surface area contributed by atoms with Gasteiger partial charge in [-0.2, -0.15) is 0 Å². The largest absolute Gasteiger partial charge is 1.00 e. The summed E-state index contributed by atoms with van der Waals surface area (Å²) >= 11 is 0. The quantitative estimate of drug-likeness (QED) is 0.402. The van der Waals surface area contributed by atoms with E-state index in [1.807, 2.05) is 12.3 Å². The summed E-state index contributed by atoms with van der Waals surface area (Å²) in [7, 11) is 0. The van der Waals surface area contributed by atoms with Gasteiger partial charge in [0.05, 0.1) is 12.2 Å². The van der Waals surface area contributed by atoms with E-state index in [1.165, 1.54) is 0 Å². The number of allylic oxidation sites excluding steroid dienone is 4. The maximum Gasteiger partial charge on any atom is 0.154 e. The smallest absolute Gasteiger partial charge is 0.154 e. The van der Waals surface area contributed by atoms with Crippen LogP contribution in [0.15, 0.2) is 30.5 Å². The third kappa shape index (κ3) is 1.82. The van der Waals surface area contributed by atoms with Crippen molar-refractivity contribution in [2.75, 3.05) is 6.54 Å². The lowest BCUT2D eigenvalue weighted by molar-refractivity contribution is -0.00000199. The van der Waals surface area contributed by atoms with Crippen LogP contribution >= 0.6 is 0 Å². The minimum absolute atomic E-state index is 0. The van der Waals surface area contributed by atoms with Crippen molar-refractivity contribution in [3.8, 4) is 0 Å². The zero-order valence-electron chi connectivity index (χ0n) is 6.13. The fourth-order valence-corrected chi connectivity index (χ4v) is 1.38. The molecule has 0 aromatic rings. The van der Waals surface area contributed by atoms with Crippen LogP contribution in [0.1, 0.15) is 0 Å². The van der Waals surface area contributed by atoms with E-state index in [2.05, 4.69) is 29.6 Å². The molecule has 2 rings (SSSR count). The van der Waals surface area contributed by atoms with E-state index in [-0.39, 0.29) is 24.0 Å². The van der Waals surface area contributed by atoms with Gasteiger partial charge >= 0.3 is 0 Å². The highest BCUT2D eigenvalue weighted by Crippen LogP contribution is 2.21. The van der Waals surface area contributed by atoms with E-state index in [9.17, 15) is 0 Å². The number of rotatable bonds is 0. The van der Waals surface area contributed by atoms with E-state index in [0.29, 0.717) is 11.8 Å². The number of halogens is 1. The normalized spacial score (nSPS) is 31.3. The highest BCUT2D eigenvalue weighted by atomic mass is 127. The summed E-state index contributed by atoms with van der Waals surface area (Å²) in [5.41, 5.74) is 0. The fourth-order valence-electron chi connectivity index (χ4n) is 1.38. The Balaban J connectivity index is 0.000000605. The summed E-state index contributed by atoms with van der Waals surface area (Å²) < 4.78 is 0. The minimum atomic E-state index is 0. The molecule has 0 fully saturated rings. The molecule has 11 heavy (non-hydrogen) atoms. The predicted octanol–water partition coefficient (Wildman–Crippen LogP) is -1.73. The lowest BCUT2D eigenvalue weighted by atomic mass is 9.87. The topological polar surface area (TPSA) is 12.0 Å². The fraction of sp³-hybridized carbons (Fsp3) is 0.333. The molecule has 0 aromatic carbocycles. The molecule has 1 aliphatic heterocycles. The van der Waals surface area contributed by atoms with Gasteiger partial charge in [0.1, 0.15) is 5.92 Å². The van der Waals surface area contributed by atoms with Crippen LogP contribution in [-0.4, -0.2) is 6.54 Å². The van der Waals surface area contributed by atoms with Gasteiger partial charge in [0.15, 0.2) is 6.08 Å². The molecule has 1 heterocycles. The van der Waals surface area contributed by atoms with E-state index in [0.717, 1.165) is 6.54 Å². The molecular weight excluding hydrogens is 249 g/mol. The van der Waals surface area contributed by atoms with Crippen molar-refractivity contribution in [2.24, 2.45) is 11.8 Å². The number of fused-ring (bicyclic) bond motifs is 1. The first kappa shape index (κ1) is 8.75. The van der Waals surface area contributed by atoms with Crippen molar-refractivity contribution in [3.05, 3.63) is 36.6 Å². The summed E-state index contributed by atoms with van der Waals surface area (Å²) in [4.78, 5) is 0. The molecule has 0 saturated heterocycles. The third-order valence-electron chi connectivity index (χ3n) is 1.98. The lowest BCUT2D eigenvalue weighted by Crippen LogP contribution is -3.00. The molecule has 0 radical (unpaired) electrons. The van der Waals surface area contributed by atoms with Gasteiger partial charge in [-0.3, -0.25) is 0 Å². The molecule has 0 spiro atoms. The van der Waals surface area contributed by atoms with Gasteiger partial charge in [-0.25, -0.2) is 0 Å². The monoisotopic (exact) mass is 259 g/mol. The van der Waals surface area contributed by atoms with Crippen LogP contribution in [0.3, 0.4) is 0 Å². The Kier molecular flexibility index (Phi) is 3.09. The summed E-state index contributed by atoms with van der Waals surface area (Å²) in [5, 5.41) is 3.19. The van der Waals surface area contributed by atoms with Crippen LogP contribution in [0.4, 0.5) is 0 Å². The van der Waals surface area contributed by atoms with E-state index < -0.39 is 0 Å². The van der Waals surface area contributed by atoms with E-state index >= 15 is 0 Å². The Bertz CT molecular complexity index is 206. The van der Waals surface area contributed by atoms with Crippen LogP contribution in [0.25, 0.3) is 0 Å². The average molecular weight is 259 g/mol. The molecule has 2 aliphatic rings. The minimum Gasteiger partial charge on any atom is -1.00 e. The van der Waals surface area contributed by atoms with Gasteiger partial charge in [-0.15, -0.1) is 0 Å². The van der Waals surface area contributed by atoms with Crippen molar-refractivity contribution in [1.29, 1.82) is 0 Å². The zero-order valence-corrected chi connectivity index (χ0v) is 8.28. The second-order valence-corrected chi connectivity index (χ2v) is 2.67. The van der Waals surface area contributed by atoms with Crippen LogP contribution in [0, 0.1) is 17.9 Å². The lowest BCUT2D eigenvalue weighted by Gasteiger charge is -2.18. The molecule has 2 heteroatoms. The Morgan fingerprint density at radius 2 is 2.27 bits per heavy atom. The van der Waals surface area contributed by atoms with Crippen molar-refractivity contribution < 1.29 is 24.0 Å². The van der Waals surface area contributed by atoms with Crippen LogP contribution in [0.2, 0.25) is 0 Å². The Hall–Kier alpha value is -0.340. The summed E-state index contributed by atoms with van der Waals surface area (Å²) in [6.07, 6.45) is 13.8. The molecule has 2 unspecified atom stereocenters. The Morgan fingerprint density at radius 3 is 3.09 bits per heavy atom. The SMILES string of the molecule is [C+]1=CC=CC2C=CNCC12.[I-]. The highest BCUT2D eigenvalue weighted by Gasteiger charge is 2.25. The van der Waals surface area contributed by atoms with Crippen molar-refractivity contribution in [3.63, 3.8) is 0 Å². The Labute approximate surface area is 84.3 Å². The number of nitrogens with one attached hydrogen (secondary N) is 1. The van der Waals surface area contributed by atoms with Crippen LogP contribution < -0.4 is 29.3 Å². The molecule has 1 aliphatic carbocycles. The van der Waals surface area contributed by atoms with Gasteiger partial charge < -0.3 is 29.3 Å². The third-order valence-corrected chi connectivity index (χ3v) is 1.98. The summed E-state index contributed by atoms with van der Waals surface area (Å²) in [6, 6.07) is 0. The second kappa shape index (κ2) is 3.88. The zero-order chi connectivity index (χ0) is 6.81. The van der Waals surface area contributed by atoms with Gasteiger partial charge in [0.25, 0.3) is 0 Å². The second-order valence-electron chi connectivity index (χ2n) is 2.67. The molecular formula is C9H10IN. The van der Waals surface area contributed by atoms with E-state index in [1.54, 1.807) is 0 Å². The summed E-state index contributed by atoms with van der Waals surface area (Å²) in [5.74, 6) is 1.15.